The van der Waals surface area contributed by atoms with Crippen LogP contribution in [-0.4, -0.2) is 24.6 Å². The van der Waals surface area contributed by atoms with Gasteiger partial charge in [-0.25, -0.2) is 0 Å². The number of halogens is 1. The lowest BCUT2D eigenvalue weighted by Gasteiger charge is -2.43. The first kappa shape index (κ1) is 14.8. The molecule has 1 saturated heterocycles. The Balaban J connectivity index is 1.52. The molecule has 2 aliphatic heterocycles. The van der Waals surface area contributed by atoms with Crippen molar-refractivity contribution in [2.75, 3.05) is 23.3 Å². The number of anilines is 2. The number of piperidine rings is 1. The maximum absolute atomic E-state index is 12.6. The Morgan fingerprint density at radius 1 is 1.04 bits per heavy atom. The highest BCUT2D eigenvalue weighted by Gasteiger charge is 2.46. The molecule has 1 amide bonds. The fraction of sp³-hybridized carbons (Fsp3) is 0.278. The molecule has 0 aromatic heterocycles. The topological polar surface area (TPSA) is 41.6 Å². The van der Waals surface area contributed by atoms with E-state index in [1.165, 1.54) is 9.26 Å². The zero-order valence-electron chi connectivity index (χ0n) is 12.6. The number of nitrogens with one attached hydrogen (secondary N) is 1. The van der Waals surface area contributed by atoms with E-state index in [2.05, 4.69) is 57.1 Å². The first-order chi connectivity index (χ1) is 11.2. The highest BCUT2D eigenvalue weighted by molar-refractivity contribution is 14.1. The summed E-state index contributed by atoms with van der Waals surface area (Å²) in [5.41, 5.74) is 1.24. The standard InChI is InChI=1S/C18H17IN2O2/c19-13-5-7-14(8-6-13)21-11-9-18(10-12-21)17(22)20-15-3-1-2-4-16(15)23-18/h1-8H,9-12H2,(H,20,22). The van der Waals surface area contributed by atoms with Gasteiger partial charge < -0.3 is 15.0 Å². The monoisotopic (exact) mass is 420 g/mol. The molecule has 0 aliphatic carbocycles. The minimum absolute atomic E-state index is 0.0153. The van der Waals surface area contributed by atoms with Crippen LogP contribution >= 0.6 is 22.6 Å². The van der Waals surface area contributed by atoms with E-state index in [4.69, 9.17) is 4.74 Å². The van der Waals surface area contributed by atoms with Crippen molar-refractivity contribution in [2.45, 2.75) is 18.4 Å². The summed E-state index contributed by atoms with van der Waals surface area (Å²) in [6, 6.07) is 16.1. The zero-order chi connectivity index (χ0) is 15.9. The van der Waals surface area contributed by atoms with Crippen molar-refractivity contribution < 1.29 is 9.53 Å². The molecule has 4 rings (SSSR count). The number of carbonyl (C=O) groups excluding carboxylic acids is 1. The quantitative estimate of drug-likeness (QED) is 0.717. The highest BCUT2D eigenvalue weighted by atomic mass is 127. The number of hydrogen-bond donors (Lipinski definition) is 1. The summed E-state index contributed by atoms with van der Waals surface area (Å²) >= 11 is 2.31. The van der Waals surface area contributed by atoms with E-state index < -0.39 is 5.60 Å². The average Bonchev–Trinajstić information content (AvgIpc) is 2.58. The molecule has 2 heterocycles. The molecule has 0 saturated carbocycles. The second-order valence-corrected chi connectivity index (χ2v) is 7.26. The smallest absolute Gasteiger partial charge is 0.268 e. The van der Waals surface area contributed by atoms with Crippen molar-refractivity contribution in [2.24, 2.45) is 0 Å². The minimum atomic E-state index is -0.728. The van der Waals surface area contributed by atoms with Crippen LogP contribution in [0.1, 0.15) is 12.8 Å². The van der Waals surface area contributed by atoms with Gasteiger partial charge in [-0.1, -0.05) is 12.1 Å². The van der Waals surface area contributed by atoms with Crippen molar-refractivity contribution in [3.05, 3.63) is 52.1 Å². The summed E-state index contributed by atoms with van der Waals surface area (Å²) in [5, 5.41) is 3.00. The van der Waals surface area contributed by atoms with Crippen LogP contribution in [0, 0.1) is 3.57 Å². The van der Waals surface area contributed by atoms with Gasteiger partial charge in [-0.05, 0) is 59.0 Å². The van der Waals surface area contributed by atoms with Crippen molar-refractivity contribution in [1.29, 1.82) is 0 Å². The molecule has 1 fully saturated rings. The van der Waals surface area contributed by atoms with E-state index in [-0.39, 0.29) is 5.91 Å². The van der Waals surface area contributed by atoms with Crippen molar-refractivity contribution in [3.63, 3.8) is 0 Å². The molecule has 1 N–H and O–H groups in total. The molecule has 2 aromatic carbocycles. The third-order valence-corrected chi connectivity index (χ3v) is 5.34. The van der Waals surface area contributed by atoms with E-state index in [0.717, 1.165) is 24.5 Å². The Morgan fingerprint density at radius 3 is 2.48 bits per heavy atom. The molecule has 0 bridgehead atoms. The number of para-hydroxylation sites is 2. The molecular weight excluding hydrogens is 403 g/mol. The van der Waals surface area contributed by atoms with Gasteiger partial charge in [0.25, 0.3) is 5.91 Å². The summed E-state index contributed by atoms with van der Waals surface area (Å²) in [5.74, 6) is 0.758. The SMILES string of the molecule is O=C1Nc2ccccc2OC12CCN(c1ccc(I)cc1)CC2. The molecule has 118 valence electrons. The van der Waals surface area contributed by atoms with Crippen molar-refractivity contribution >= 4 is 39.9 Å². The fourth-order valence-electron chi connectivity index (χ4n) is 3.26. The predicted molar refractivity (Wildman–Crippen MR) is 99.0 cm³/mol. The van der Waals surface area contributed by atoms with Gasteiger partial charge in [0, 0.05) is 35.2 Å². The van der Waals surface area contributed by atoms with Gasteiger partial charge in [0.1, 0.15) is 5.75 Å². The van der Waals surface area contributed by atoms with Gasteiger partial charge in [0.05, 0.1) is 5.69 Å². The fourth-order valence-corrected chi connectivity index (χ4v) is 3.62. The number of hydrogen-bond acceptors (Lipinski definition) is 3. The second-order valence-electron chi connectivity index (χ2n) is 6.01. The Bertz CT molecular complexity index is 737. The van der Waals surface area contributed by atoms with Crippen LogP contribution in [0.2, 0.25) is 0 Å². The Morgan fingerprint density at radius 2 is 1.74 bits per heavy atom. The summed E-state index contributed by atoms with van der Waals surface area (Å²) in [4.78, 5) is 14.9. The van der Waals surface area contributed by atoms with Gasteiger partial charge >= 0.3 is 0 Å². The molecule has 1 spiro atoms. The predicted octanol–water partition coefficient (Wildman–Crippen LogP) is 3.66. The van der Waals surface area contributed by atoms with Gasteiger partial charge in [0.15, 0.2) is 5.60 Å². The summed E-state index contributed by atoms with van der Waals surface area (Å²) in [6.07, 6.45) is 1.39. The first-order valence-electron chi connectivity index (χ1n) is 7.76. The van der Waals surface area contributed by atoms with Crippen LogP contribution in [0.15, 0.2) is 48.5 Å². The van der Waals surface area contributed by atoms with E-state index in [1.807, 2.05) is 24.3 Å². The van der Waals surface area contributed by atoms with Crippen LogP contribution in [0.25, 0.3) is 0 Å². The van der Waals surface area contributed by atoms with Crippen LogP contribution in [0.3, 0.4) is 0 Å². The Kier molecular flexibility index (Phi) is 3.67. The number of fused-ring (bicyclic) bond motifs is 1. The van der Waals surface area contributed by atoms with E-state index in [1.54, 1.807) is 0 Å². The molecule has 5 heteroatoms. The lowest BCUT2D eigenvalue weighted by molar-refractivity contribution is -0.134. The molecular formula is C18H17IN2O2. The van der Waals surface area contributed by atoms with Gasteiger partial charge in [-0.3, -0.25) is 4.79 Å². The summed E-state index contributed by atoms with van der Waals surface area (Å²) in [6.45, 7) is 1.63. The third kappa shape index (κ3) is 2.67. The molecule has 23 heavy (non-hydrogen) atoms. The Labute approximate surface area is 149 Å². The normalized spacial score (nSPS) is 19.0. The van der Waals surface area contributed by atoms with E-state index in [9.17, 15) is 4.79 Å². The molecule has 0 unspecified atom stereocenters. The molecule has 0 radical (unpaired) electrons. The number of benzene rings is 2. The van der Waals surface area contributed by atoms with E-state index in [0.29, 0.717) is 12.8 Å². The van der Waals surface area contributed by atoms with Crippen LogP contribution < -0.4 is 15.0 Å². The molecule has 2 aliphatic rings. The van der Waals surface area contributed by atoms with Gasteiger partial charge in [-0.15, -0.1) is 0 Å². The van der Waals surface area contributed by atoms with Crippen molar-refractivity contribution in [3.8, 4) is 5.75 Å². The molecule has 0 atom stereocenters. The highest BCUT2D eigenvalue weighted by Crippen LogP contribution is 2.39. The van der Waals surface area contributed by atoms with Crippen molar-refractivity contribution in [1.82, 2.24) is 0 Å². The summed E-state index contributed by atoms with van der Waals surface area (Å²) < 4.78 is 7.36. The minimum Gasteiger partial charge on any atom is -0.475 e. The maximum Gasteiger partial charge on any atom is 0.268 e. The molecule has 2 aromatic rings. The first-order valence-corrected chi connectivity index (χ1v) is 8.84. The van der Waals surface area contributed by atoms with Gasteiger partial charge in [-0.2, -0.15) is 0 Å². The number of rotatable bonds is 1. The number of ether oxygens (including phenoxy) is 1. The number of amides is 1. The van der Waals surface area contributed by atoms with Gasteiger partial charge in [0.2, 0.25) is 0 Å². The third-order valence-electron chi connectivity index (χ3n) is 4.62. The lowest BCUT2D eigenvalue weighted by atomic mass is 9.88. The van der Waals surface area contributed by atoms with Crippen LogP contribution in [-0.2, 0) is 4.79 Å². The average molecular weight is 420 g/mol. The largest absolute Gasteiger partial charge is 0.475 e. The zero-order valence-corrected chi connectivity index (χ0v) is 14.7. The maximum atomic E-state index is 12.6. The summed E-state index contributed by atoms with van der Waals surface area (Å²) in [7, 11) is 0. The number of nitrogens with zero attached hydrogens (tertiary/aromatic N) is 1. The number of carbonyl (C=O) groups is 1. The lowest BCUT2D eigenvalue weighted by Crippen LogP contribution is -2.57. The van der Waals surface area contributed by atoms with Crippen LogP contribution in [0.5, 0.6) is 5.75 Å². The second kappa shape index (κ2) is 5.70. The van der Waals surface area contributed by atoms with E-state index >= 15 is 0 Å². The van der Waals surface area contributed by atoms with Crippen LogP contribution in [0.4, 0.5) is 11.4 Å². The molecule has 4 nitrogen and oxygen atoms in total. The Hall–Kier alpha value is -1.76.